The first-order valence-corrected chi connectivity index (χ1v) is 6.61. The molecule has 1 aliphatic heterocycles. The normalized spacial score (nSPS) is 21.9. The first-order chi connectivity index (χ1) is 9.99. The molecule has 0 aliphatic carbocycles. The molecule has 0 aromatic carbocycles. The molecule has 0 bridgehead atoms. The molecule has 6 nitrogen and oxygen atoms in total. The van der Waals surface area contributed by atoms with Crippen LogP contribution in [0.5, 0.6) is 0 Å². The molecule has 0 radical (unpaired) electrons. The maximum Gasteiger partial charge on any atom is 0.343 e. The molecule has 2 aromatic heterocycles. The molecule has 3 rings (SSSR count). The van der Waals surface area contributed by atoms with Crippen LogP contribution in [0.3, 0.4) is 0 Å². The molecule has 2 aromatic rings. The molecule has 0 spiro atoms. The summed E-state index contributed by atoms with van der Waals surface area (Å²) in [5, 5.41) is 9.69. The number of likely N-dealkylation sites (tertiary alicyclic amines) is 1. The Kier molecular flexibility index (Phi) is 3.12. The average Bonchev–Trinajstić information content (AvgIpc) is 3.05. The SMILES string of the molecule is O=C(Cc1c[nH]c2ncccc12)N1CCC(F)(C(=O)O)C1. The van der Waals surface area contributed by atoms with Crippen LogP contribution in [0.25, 0.3) is 11.0 Å². The monoisotopic (exact) mass is 291 g/mol. The van der Waals surface area contributed by atoms with Crippen molar-refractivity contribution in [3.05, 3.63) is 30.1 Å². The van der Waals surface area contributed by atoms with Gasteiger partial charge in [-0.3, -0.25) is 4.79 Å². The number of rotatable bonds is 3. The molecule has 3 heterocycles. The summed E-state index contributed by atoms with van der Waals surface area (Å²) in [4.78, 5) is 31.4. The van der Waals surface area contributed by atoms with E-state index in [1.54, 1.807) is 18.5 Å². The quantitative estimate of drug-likeness (QED) is 0.887. The summed E-state index contributed by atoms with van der Waals surface area (Å²) in [6.45, 7) is -0.260. The van der Waals surface area contributed by atoms with Gasteiger partial charge in [-0.05, 0) is 17.7 Å². The van der Waals surface area contributed by atoms with Crippen molar-refractivity contribution in [2.75, 3.05) is 13.1 Å². The fourth-order valence-corrected chi connectivity index (χ4v) is 2.59. The Labute approximate surface area is 119 Å². The number of aliphatic carboxylic acids is 1. The van der Waals surface area contributed by atoms with Crippen molar-refractivity contribution in [2.45, 2.75) is 18.5 Å². The Morgan fingerprint density at radius 1 is 1.52 bits per heavy atom. The summed E-state index contributed by atoms with van der Waals surface area (Å²) < 4.78 is 14.0. The van der Waals surface area contributed by atoms with Crippen molar-refractivity contribution in [3.8, 4) is 0 Å². The van der Waals surface area contributed by atoms with Crippen LogP contribution in [0.2, 0.25) is 0 Å². The lowest BCUT2D eigenvalue weighted by atomic mass is 10.1. The van der Waals surface area contributed by atoms with E-state index in [-0.39, 0.29) is 31.8 Å². The van der Waals surface area contributed by atoms with E-state index in [9.17, 15) is 14.0 Å². The number of nitrogens with one attached hydrogen (secondary N) is 1. The highest BCUT2D eigenvalue weighted by Gasteiger charge is 2.46. The van der Waals surface area contributed by atoms with Crippen LogP contribution in [0.4, 0.5) is 4.39 Å². The van der Waals surface area contributed by atoms with Gasteiger partial charge in [0, 0.05) is 30.7 Å². The van der Waals surface area contributed by atoms with Crippen molar-refractivity contribution >= 4 is 22.9 Å². The topological polar surface area (TPSA) is 86.3 Å². The second-order valence-electron chi connectivity index (χ2n) is 5.23. The molecule has 1 atom stereocenters. The number of aromatic nitrogens is 2. The number of carboxylic acid groups (broad SMARTS) is 1. The molecule has 7 heteroatoms. The zero-order valence-corrected chi connectivity index (χ0v) is 11.2. The molecule has 1 unspecified atom stereocenters. The minimum absolute atomic E-state index is 0.0986. The minimum atomic E-state index is -2.32. The summed E-state index contributed by atoms with van der Waals surface area (Å²) >= 11 is 0. The molecule has 110 valence electrons. The van der Waals surface area contributed by atoms with Gasteiger partial charge in [-0.2, -0.15) is 0 Å². The number of fused-ring (bicyclic) bond motifs is 1. The Bertz CT molecular complexity index is 714. The zero-order chi connectivity index (χ0) is 15.0. The second-order valence-corrected chi connectivity index (χ2v) is 5.23. The Morgan fingerprint density at radius 3 is 3.05 bits per heavy atom. The standard InChI is InChI=1S/C14H14FN3O3/c15-14(13(20)21)3-5-18(8-14)11(19)6-9-7-17-12-10(9)2-1-4-16-12/h1-2,4,7H,3,5-6,8H2,(H,16,17)(H,20,21). The Balaban J connectivity index is 1.74. The van der Waals surface area contributed by atoms with Crippen LogP contribution in [0.1, 0.15) is 12.0 Å². The van der Waals surface area contributed by atoms with E-state index in [1.807, 2.05) is 6.07 Å². The van der Waals surface area contributed by atoms with E-state index in [0.29, 0.717) is 5.65 Å². The highest BCUT2D eigenvalue weighted by atomic mass is 19.1. The number of nitrogens with zero attached hydrogens (tertiary/aromatic N) is 2. The molecule has 1 aliphatic rings. The maximum atomic E-state index is 14.0. The fraction of sp³-hybridized carbons (Fsp3) is 0.357. The maximum absolute atomic E-state index is 14.0. The van der Waals surface area contributed by atoms with Crippen molar-refractivity contribution < 1.29 is 19.1 Å². The highest BCUT2D eigenvalue weighted by molar-refractivity contribution is 5.88. The summed E-state index contributed by atoms with van der Waals surface area (Å²) in [7, 11) is 0. The third kappa shape index (κ3) is 2.35. The predicted octanol–water partition coefficient (Wildman–Crippen LogP) is 1.13. The molecule has 21 heavy (non-hydrogen) atoms. The average molecular weight is 291 g/mol. The summed E-state index contributed by atoms with van der Waals surface area (Å²) in [5.41, 5.74) is -0.862. The van der Waals surface area contributed by atoms with Crippen LogP contribution >= 0.6 is 0 Å². The molecule has 1 fully saturated rings. The first kappa shape index (κ1) is 13.5. The molecule has 1 saturated heterocycles. The molecular formula is C14H14FN3O3. The van der Waals surface area contributed by atoms with Crippen LogP contribution in [-0.2, 0) is 16.0 Å². The number of halogens is 1. The Morgan fingerprint density at radius 2 is 2.33 bits per heavy atom. The van der Waals surface area contributed by atoms with Crippen LogP contribution < -0.4 is 0 Å². The number of alkyl halides is 1. The van der Waals surface area contributed by atoms with Crippen molar-refractivity contribution in [2.24, 2.45) is 0 Å². The van der Waals surface area contributed by atoms with Crippen LogP contribution in [-0.4, -0.2) is 50.6 Å². The molecule has 2 N–H and O–H groups in total. The van der Waals surface area contributed by atoms with E-state index in [0.717, 1.165) is 10.9 Å². The number of carbonyl (C=O) groups excluding carboxylic acids is 1. The molecule has 0 saturated carbocycles. The lowest BCUT2D eigenvalue weighted by molar-refractivity contribution is -0.150. The summed E-state index contributed by atoms with van der Waals surface area (Å²) in [5.74, 6) is -1.78. The van der Waals surface area contributed by atoms with Gasteiger partial charge < -0.3 is 15.0 Å². The minimum Gasteiger partial charge on any atom is -0.479 e. The molecule has 1 amide bonds. The van der Waals surface area contributed by atoms with Gasteiger partial charge in [0.15, 0.2) is 0 Å². The van der Waals surface area contributed by atoms with Gasteiger partial charge in [-0.25, -0.2) is 14.2 Å². The third-order valence-corrected chi connectivity index (χ3v) is 3.83. The van der Waals surface area contributed by atoms with Gasteiger partial charge >= 0.3 is 5.97 Å². The Hall–Kier alpha value is -2.44. The van der Waals surface area contributed by atoms with E-state index in [4.69, 9.17) is 5.11 Å². The van der Waals surface area contributed by atoms with Crippen molar-refractivity contribution in [1.82, 2.24) is 14.9 Å². The number of carbonyl (C=O) groups is 2. The first-order valence-electron chi connectivity index (χ1n) is 6.61. The highest BCUT2D eigenvalue weighted by Crippen LogP contribution is 2.27. The number of pyridine rings is 1. The fourth-order valence-electron chi connectivity index (χ4n) is 2.59. The van der Waals surface area contributed by atoms with Gasteiger partial charge in [0.2, 0.25) is 11.6 Å². The second kappa shape index (κ2) is 4.83. The van der Waals surface area contributed by atoms with Gasteiger partial charge in [-0.1, -0.05) is 0 Å². The number of H-pyrrole nitrogens is 1. The summed E-state index contributed by atoms with van der Waals surface area (Å²) in [6.07, 6.45) is 3.28. The van der Waals surface area contributed by atoms with E-state index < -0.39 is 11.6 Å². The van der Waals surface area contributed by atoms with Gasteiger partial charge in [0.1, 0.15) is 5.65 Å². The number of hydrogen-bond acceptors (Lipinski definition) is 3. The number of aromatic amines is 1. The van der Waals surface area contributed by atoms with Gasteiger partial charge in [0.05, 0.1) is 13.0 Å². The van der Waals surface area contributed by atoms with E-state index in [2.05, 4.69) is 9.97 Å². The zero-order valence-electron chi connectivity index (χ0n) is 11.2. The van der Waals surface area contributed by atoms with Gasteiger partial charge in [-0.15, -0.1) is 0 Å². The lowest BCUT2D eigenvalue weighted by Gasteiger charge is -2.17. The lowest BCUT2D eigenvalue weighted by Crippen LogP contribution is -2.39. The van der Waals surface area contributed by atoms with Crippen molar-refractivity contribution in [3.63, 3.8) is 0 Å². The number of amides is 1. The number of hydrogen-bond donors (Lipinski definition) is 2. The van der Waals surface area contributed by atoms with E-state index >= 15 is 0 Å². The van der Waals surface area contributed by atoms with Crippen LogP contribution in [0.15, 0.2) is 24.5 Å². The third-order valence-electron chi connectivity index (χ3n) is 3.83. The predicted molar refractivity (Wildman–Crippen MR) is 72.5 cm³/mol. The number of carboxylic acids is 1. The smallest absolute Gasteiger partial charge is 0.343 e. The van der Waals surface area contributed by atoms with E-state index in [1.165, 1.54) is 4.90 Å². The molecular weight excluding hydrogens is 277 g/mol. The largest absolute Gasteiger partial charge is 0.479 e. The van der Waals surface area contributed by atoms with Gasteiger partial charge in [0.25, 0.3) is 0 Å². The van der Waals surface area contributed by atoms with Crippen molar-refractivity contribution in [1.29, 1.82) is 0 Å². The van der Waals surface area contributed by atoms with Crippen LogP contribution in [0, 0.1) is 0 Å². The summed E-state index contributed by atoms with van der Waals surface area (Å²) in [6, 6.07) is 3.62.